The van der Waals surface area contributed by atoms with Gasteiger partial charge in [-0.3, -0.25) is 0 Å². The second kappa shape index (κ2) is 5.78. The number of hydrogen-bond acceptors (Lipinski definition) is 3. The van der Waals surface area contributed by atoms with Crippen molar-refractivity contribution in [2.45, 2.75) is 19.4 Å². The first kappa shape index (κ1) is 13.5. The van der Waals surface area contributed by atoms with Gasteiger partial charge in [0.25, 0.3) is 0 Å². The fraction of sp³-hybridized carbons (Fsp3) is 0.308. The average molecular weight is 285 g/mol. The van der Waals surface area contributed by atoms with E-state index in [1.54, 1.807) is 29.5 Å². The summed E-state index contributed by atoms with van der Waals surface area (Å²) in [5.74, 6) is -0.349. The zero-order valence-corrected chi connectivity index (χ0v) is 11.8. The molecule has 2 aromatic rings. The van der Waals surface area contributed by atoms with Crippen LogP contribution in [0, 0.1) is 5.82 Å². The summed E-state index contributed by atoms with van der Waals surface area (Å²) in [5.41, 5.74) is 0.584. The highest BCUT2D eigenvalue weighted by Crippen LogP contribution is 2.25. The molecule has 0 bridgehead atoms. The van der Waals surface area contributed by atoms with Crippen LogP contribution in [0.4, 0.5) is 4.39 Å². The van der Waals surface area contributed by atoms with Crippen LogP contribution in [0.15, 0.2) is 24.4 Å². The van der Waals surface area contributed by atoms with Crippen LogP contribution in [0.2, 0.25) is 5.02 Å². The number of thiazole rings is 1. The van der Waals surface area contributed by atoms with Gasteiger partial charge in [-0.05, 0) is 25.6 Å². The maximum Gasteiger partial charge on any atom is 0.145 e. The average Bonchev–Trinajstić information content (AvgIpc) is 2.82. The summed E-state index contributed by atoms with van der Waals surface area (Å²) in [5, 5.41) is 4.21. The second-order valence-corrected chi connectivity index (χ2v) is 5.61. The lowest BCUT2D eigenvalue weighted by Crippen LogP contribution is -2.10. The molecule has 2 rings (SSSR count). The van der Waals surface area contributed by atoms with Gasteiger partial charge >= 0.3 is 0 Å². The third-order valence-corrected chi connectivity index (χ3v) is 4.28. The predicted molar refractivity (Wildman–Crippen MR) is 73.8 cm³/mol. The molecule has 0 amide bonds. The molecule has 1 atom stereocenters. The van der Waals surface area contributed by atoms with Gasteiger partial charge in [-0.1, -0.05) is 23.7 Å². The molecule has 0 aliphatic carbocycles. The van der Waals surface area contributed by atoms with Gasteiger partial charge in [0.05, 0.1) is 10.0 Å². The van der Waals surface area contributed by atoms with E-state index in [0.717, 1.165) is 9.88 Å². The smallest absolute Gasteiger partial charge is 0.145 e. The fourth-order valence-corrected chi connectivity index (χ4v) is 2.80. The first-order valence-corrected chi connectivity index (χ1v) is 6.86. The molecule has 1 heterocycles. The van der Waals surface area contributed by atoms with Gasteiger partial charge in [0.1, 0.15) is 5.82 Å². The van der Waals surface area contributed by atoms with Crippen molar-refractivity contribution in [2.24, 2.45) is 0 Å². The zero-order chi connectivity index (χ0) is 13.1. The van der Waals surface area contributed by atoms with Gasteiger partial charge in [-0.15, -0.1) is 11.3 Å². The Kier molecular flexibility index (Phi) is 4.32. The highest BCUT2D eigenvalue weighted by atomic mass is 35.5. The molecule has 1 N–H and O–H groups in total. The van der Waals surface area contributed by atoms with Crippen molar-refractivity contribution < 1.29 is 4.39 Å². The molecule has 0 fully saturated rings. The van der Waals surface area contributed by atoms with E-state index in [1.165, 1.54) is 0 Å². The number of aromatic nitrogens is 1. The molecule has 1 aromatic carbocycles. The third kappa shape index (κ3) is 2.88. The van der Waals surface area contributed by atoms with Gasteiger partial charge in [0, 0.05) is 23.5 Å². The van der Waals surface area contributed by atoms with Crippen LogP contribution < -0.4 is 5.32 Å². The van der Waals surface area contributed by atoms with Gasteiger partial charge < -0.3 is 5.32 Å². The van der Waals surface area contributed by atoms with E-state index in [1.807, 2.05) is 13.2 Å². The van der Waals surface area contributed by atoms with E-state index < -0.39 is 0 Å². The molecule has 2 nitrogen and oxygen atoms in total. The Balaban J connectivity index is 2.19. The van der Waals surface area contributed by atoms with Crippen molar-refractivity contribution in [3.8, 4) is 0 Å². The van der Waals surface area contributed by atoms with E-state index in [4.69, 9.17) is 11.6 Å². The molecule has 0 saturated carbocycles. The molecule has 0 radical (unpaired) electrons. The monoisotopic (exact) mass is 284 g/mol. The number of nitrogens with one attached hydrogen (secondary N) is 1. The molecule has 0 saturated heterocycles. The molecule has 1 aromatic heterocycles. The number of halogens is 2. The molecular formula is C13H14ClFN2S. The van der Waals surface area contributed by atoms with Crippen LogP contribution in [0.5, 0.6) is 0 Å². The second-order valence-electron chi connectivity index (χ2n) is 4.06. The molecule has 0 spiro atoms. The van der Waals surface area contributed by atoms with Gasteiger partial charge in [-0.2, -0.15) is 0 Å². The Labute approximate surface area is 115 Å². The molecule has 1 unspecified atom stereocenters. The minimum Gasteiger partial charge on any atom is -0.312 e. The van der Waals surface area contributed by atoms with Crippen LogP contribution >= 0.6 is 22.9 Å². The van der Waals surface area contributed by atoms with Crippen molar-refractivity contribution in [3.05, 3.63) is 50.7 Å². The third-order valence-electron chi connectivity index (χ3n) is 2.80. The Bertz CT molecular complexity index is 542. The Hall–Kier alpha value is -0.970. The minimum absolute atomic E-state index is 0.160. The minimum atomic E-state index is -0.349. The number of benzene rings is 1. The van der Waals surface area contributed by atoms with Crippen LogP contribution in [-0.2, 0) is 6.42 Å². The van der Waals surface area contributed by atoms with Crippen molar-refractivity contribution in [1.82, 2.24) is 10.3 Å². The summed E-state index contributed by atoms with van der Waals surface area (Å²) in [7, 11) is 1.90. The van der Waals surface area contributed by atoms with E-state index in [0.29, 0.717) is 12.0 Å². The summed E-state index contributed by atoms with van der Waals surface area (Å²) >= 11 is 7.35. The molecule has 18 heavy (non-hydrogen) atoms. The van der Waals surface area contributed by atoms with Crippen LogP contribution in [-0.4, -0.2) is 12.0 Å². The Morgan fingerprint density at radius 1 is 1.50 bits per heavy atom. The van der Waals surface area contributed by atoms with E-state index >= 15 is 0 Å². The van der Waals surface area contributed by atoms with E-state index in [-0.39, 0.29) is 16.9 Å². The summed E-state index contributed by atoms with van der Waals surface area (Å²) in [6.07, 6.45) is 2.32. The normalized spacial score (nSPS) is 12.7. The molecule has 0 aliphatic heterocycles. The maximum absolute atomic E-state index is 13.8. The highest BCUT2D eigenvalue weighted by molar-refractivity contribution is 7.11. The lowest BCUT2D eigenvalue weighted by atomic mass is 10.1. The first-order chi connectivity index (χ1) is 8.61. The SMILES string of the molecule is CNC(C)c1cnc(Cc2cccc(Cl)c2F)s1. The molecule has 0 aliphatic rings. The maximum atomic E-state index is 13.8. The Morgan fingerprint density at radius 3 is 3.00 bits per heavy atom. The zero-order valence-electron chi connectivity index (χ0n) is 10.2. The predicted octanol–water partition coefficient (Wildman–Crippen LogP) is 3.81. The topological polar surface area (TPSA) is 24.9 Å². The molecule has 96 valence electrons. The first-order valence-electron chi connectivity index (χ1n) is 5.66. The van der Waals surface area contributed by atoms with Crippen LogP contribution in [0.25, 0.3) is 0 Å². The van der Waals surface area contributed by atoms with Gasteiger partial charge in [-0.25, -0.2) is 9.37 Å². The van der Waals surface area contributed by atoms with Gasteiger partial charge in [0.2, 0.25) is 0 Å². The van der Waals surface area contributed by atoms with E-state index in [9.17, 15) is 4.39 Å². The number of rotatable bonds is 4. The van der Waals surface area contributed by atoms with Crippen molar-refractivity contribution in [3.63, 3.8) is 0 Å². The number of hydrogen-bond donors (Lipinski definition) is 1. The summed E-state index contributed by atoms with van der Waals surface area (Å²) in [6.45, 7) is 2.07. The fourth-order valence-electron chi connectivity index (χ4n) is 1.60. The van der Waals surface area contributed by atoms with Gasteiger partial charge in [0.15, 0.2) is 0 Å². The number of nitrogens with zero attached hydrogens (tertiary/aromatic N) is 1. The Morgan fingerprint density at radius 2 is 2.28 bits per heavy atom. The van der Waals surface area contributed by atoms with Crippen molar-refractivity contribution in [1.29, 1.82) is 0 Å². The summed E-state index contributed by atoms with van der Waals surface area (Å²) in [6, 6.07) is 5.31. The van der Waals surface area contributed by atoms with E-state index in [2.05, 4.69) is 17.2 Å². The van der Waals surface area contributed by atoms with Crippen LogP contribution in [0.1, 0.15) is 28.4 Å². The van der Waals surface area contributed by atoms with Crippen molar-refractivity contribution in [2.75, 3.05) is 7.05 Å². The lowest BCUT2D eigenvalue weighted by molar-refractivity contribution is 0.614. The van der Waals surface area contributed by atoms with Crippen LogP contribution in [0.3, 0.4) is 0 Å². The molecular weight excluding hydrogens is 271 g/mol. The standard InChI is InChI=1S/C13H14ClFN2S/c1-8(16-2)11-7-17-12(18-11)6-9-4-3-5-10(14)13(9)15/h3-5,7-8,16H,6H2,1-2H3. The summed E-state index contributed by atoms with van der Waals surface area (Å²) < 4.78 is 13.8. The summed E-state index contributed by atoms with van der Waals surface area (Å²) in [4.78, 5) is 5.47. The lowest BCUT2D eigenvalue weighted by Gasteiger charge is -2.05. The largest absolute Gasteiger partial charge is 0.312 e. The highest BCUT2D eigenvalue weighted by Gasteiger charge is 2.11. The quantitative estimate of drug-likeness (QED) is 0.923. The molecule has 5 heteroatoms. The van der Waals surface area contributed by atoms with Crippen molar-refractivity contribution >= 4 is 22.9 Å².